The van der Waals surface area contributed by atoms with Crippen molar-refractivity contribution in [2.24, 2.45) is 0 Å². The minimum Gasteiger partial charge on any atom is -0.394 e. The molecule has 0 aromatic rings. The molecule has 226 valence electrons. The van der Waals surface area contributed by atoms with E-state index in [1.165, 1.54) is 51.4 Å². The van der Waals surface area contributed by atoms with Crippen LogP contribution in [-0.2, 0) is 9.59 Å². The summed E-state index contributed by atoms with van der Waals surface area (Å²) in [6, 6.07) is -0.649. The summed E-state index contributed by atoms with van der Waals surface area (Å²) >= 11 is 0. The van der Waals surface area contributed by atoms with E-state index in [4.69, 9.17) is 0 Å². The summed E-state index contributed by atoms with van der Waals surface area (Å²) in [7, 11) is 0. The maximum Gasteiger partial charge on any atom is 0.220 e. The molecule has 0 unspecified atom stereocenters. The third kappa shape index (κ3) is 26.3. The number of hydrogen-bond acceptors (Lipinski definition) is 4. The van der Waals surface area contributed by atoms with Crippen LogP contribution in [0.15, 0.2) is 36.5 Å². The van der Waals surface area contributed by atoms with E-state index in [1.807, 2.05) is 18.2 Å². The van der Waals surface area contributed by atoms with Crippen molar-refractivity contribution in [3.63, 3.8) is 0 Å². The molecule has 0 aliphatic carbocycles. The lowest BCUT2D eigenvalue weighted by Gasteiger charge is -2.20. The van der Waals surface area contributed by atoms with Crippen molar-refractivity contribution in [2.75, 3.05) is 6.61 Å². The van der Waals surface area contributed by atoms with Crippen molar-refractivity contribution >= 4 is 11.7 Å². The van der Waals surface area contributed by atoms with E-state index < -0.39 is 12.1 Å². The highest BCUT2D eigenvalue weighted by Gasteiger charge is 2.17. The van der Waals surface area contributed by atoms with Gasteiger partial charge >= 0.3 is 0 Å². The summed E-state index contributed by atoms with van der Waals surface area (Å²) in [6.07, 6.45) is 33.3. The zero-order valence-electron chi connectivity index (χ0n) is 25.4. The van der Waals surface area contributed by atoms with Crippen LogP contribution in [0.4, 0.5) is 0 Å². The van der Waals surface area contributed by atoms with Crippen LogP contribution in [0.1, 0.15) is 149 Å². The highest BCUT2D eigenvalue weighted by atomic mass is 16.3. The Balaban J connectivity index is 3.78. The van der Waals surface area contributed by atoms with Crippen molar-refractivity contribution in [2.45, 2.75) is 161 Å². The third-order valence-electron chi connectivity index (χ3n) is 7.09. The largest absolute Gasteiger partial charge is 0.394 e. The molecule has 0 rings (SSSR count). The molecule has 0 radical (unpaired) electrons. The number of nitrogens with one attached hydrogen (secondary N) is 1. The van der Waals surface area contributed by atoms with Crippen molar-refractivity contribution < 1.29 is 19.8 Å². The van der Waals surface area contributed by atoms with Crippen molar-refractivity contribution in [1.82, 2.24) is 5.32 Å². The van der Waals surface area contributed by atoms with E-state index in [0.29, 0.717) is 12.8 Å². The molecular formula is C34H61NO4. The van der Waals surface area contributed by atoms with Gasteiger partial charge < -0.3 is 15.5 Å². The first kappa shape index (κ1) is 37.3. The van der Waals surface area contributed by atoms with E-state index >= 15 is 0 Å². The standard InChI is InChI=1S/C34H61NO4/c1-3-5-7-8-9-10-11-14-17-20-24-28-33(38)32(30-36)35-34(39)29-25-21-18-15-12-13-16-19-23-27-31(37)26-22-6-4-2/h16,19,23-24,27-28,32-33,36,38H,3-15,17-18,20-22,25-26,29-30H2,1-2H3,(H,35,39)/b19-16-,27-23+,28-24+/t32-,33+/m0/s1. The second-order valence-electron chi connectivity index (χ2n) is 10.9. The van der Waals surface area contributed by atoms with Gasteiger partial charge in [0.1, 0.15) is 0 Å². The summed E-state index contributed by atoms with van der Waals surface area (Å²) in [4.78, 5) is 23.9. The van der Waals surface area contributed by atoms with Crippen LogP contribution >= 0.6 is 0 Å². The first-order valence-corrected chi connectivity index (χ1v) is 16.2. The number of aliphatic hydroxyl groups excluding tert-OH is 2. The predicted molar refractivity (Wildman–Crippen MR) is 166 cm³/mol. The third-order valence-corrected chi connectivity index (χ3v) is 7.09. The number of amides is 1. The molecule has 0 aliphatic rings. The Hall–Kier alpha value is -1.72. The minimum absolute atomic E-state index is 0.112. The Bertz CT molecular complexity index is 656. The Morgan fingerprint density at radius 1 is 0.667 bits per heavy atom. The van der Waals surface area contributed by atoms with Crippen LogP contribution in [0.25, 0.3) is 0 Å². The molecule has 0 aliphatic heterocycles. The second-order valence-corrected chi connectivity index (χ2v) is 10.9. The zero-order chi connectivity index (χ0) is 28.8. The highest BCUT2D eigenvalue weighted by molar-refractivity contribution is 5.89. The molecule has 39 heavy (non-hydrogen) atoms. The lowest BCUT2D eigenvalue weighted by Crippen LogP contribution is -2.45. The number of aliphatic hydroxyl groups is 2. The normalized spacial score (nSPS) is 13.5. The number of ketones is 1. The van der Waals surface area contributed by atoms with Gasteiger partial charge in [0.15, 0.2) is 5.78 Å². The molecular weight excluding hydrogens is 486 g/mol. The van der Waals surface area contributed by atoms with Gasteiger partial charge in [0, 0.05) is 12.8 Å². The smallest absolute Gasteiger partial charge is 0.220 e. The van der Waals surface area contributed by atoms with Gasteiger partial charge in [-0.15, -0.1) is 0 Å². The van der Waals surface area contributed by atoms with Gasteiger partial charge in [-0.25, -0.2) is 0 Å². The molecule has 0 aromatic carbocycles. The molecule has 0 heterocycles. The molecule has 0 bridgehead atoms. The molecule has 5 heteroatoms. The number of unbranched alkanes of at least 4 members (excludes halogenated alkanes) is 16. The Labute approximate surface area is 240 Å². The highest BCUT2D eigenvalue weighted by Crippen LogP contribution is 2.11. The number of allylic oxidation sites excluding steroid dienone is 5. The number of carbonyl (C=O) groups excluding carboxylic acids is 2. The van der Waals surface area contributed by atoms with E-state index in [0.717, 1.165) is 70.6 Å². The van der Waals surface area contributed by atoms with Gasteiger partial charge in [0.2, 0.25) is 5.91 Å². The van der Waals surface area contributed by atoms with Crippen LogP contribution in [-0.4, -0.2) is 40.7 Å². The fourth-order valence-corrected chi connectivity index (χ4v) is 4.51. The van der Waals surface area contributed by atoms with Crippen molar-refractivity contribution in [1.29, 1.82) is 0 Å². The van der Waals surface area contributed by atoms with E-state index in [2.05, 4.69) is 25.2 Å². The Morgan fingerprint density at radius 3 is 1.79 bits per heavy atom. The number of rotatable bonds is 28. The molecule has 1 amide bonds. The maximum absolute atomic E-state index is 12.2. The molecule has 0 spiro atoms. The van der Waals surface area contributed by atoms with Crippen LogP contribution in [0.3, 0.4) is 0 Å². The summed E-state index contributed by atoms with van der Waals surface area (Å²) < 4.78 is 0. The van der Waals surface area contributed by atoms with Gasteiger partial charge in [-0.1, -0.05) is 128 Å². The fourth-order valence-electron chi connectivity index (χ4n) is 4.51. The average molecular weight is 548 g/mol. The summed E-state index contributed by atoms with van der Waals surface area (Å²) in [5.74, 6) is 0.0946. The van der Waals surface area contributed by atoms with Crippen molar-refractivity contribution in [3.05, 3.63) is 36.5 Å². The average Bonchev–Trinajstić information content (AvgIpc) is 2.93. The topological polar surface area (TPSA) is 86.6 Å². The Morgan fingerprint density at radius 2 is 1.18 bits per heavy atom. The van der Waals surface area contributed by atoms with Gasteiger partial charge in [-0.2, -0.15) is 0 Å². The lowest BCUT2D eigenvalue weighted by molar-refractivity contribution is -0.123. The summed E-state index contributed by atoms with van der Waals surface area (Å²) in [5.41, 5.74) is 0. The van der Waals surface area contributed by atoms with Gasteiger partial charge in [0.05, 0.1) is 18.8 Å². The molecule has 3 N–H and O–H groups in total. The predicted octanol–water partition coefficient (Wildman–Crippen LogP) is 8.29. The number of carbonyl (C=O) groups is 2. The van der Waals surface area contributed by atoms with Crippen LogP contribution < -0.4 is 5.32 Å². The molecule has 0 aromatic heterocycles. The first-order valence-electron chi connectivity index (χ1n) is 16.2. The number of hydrogen-bond donors (Lipinski definition) is 3. The van der Waals surface area contributed by atoms with Crippen LogP contribution in [0, 0.1) is 0 Å². The van der Waals surface area contributed by atoms with E-state index in [-0.39, 0.29) is 18.3 Å². The maximum atomic E-state index is 12.2. The molecule has 0 fully saturated rings. The summed E-state index contributed by atoms with van der Waals surface area (Å²) in [6.45, 7) is 4.11. The van der Waals surface area contributed by atoms with Crippen LogP contribution in [0.2, 0.25) is 0 Å². The van der Waals surface area contributed by atoms with Gasteiger partial charge in [-0.05, 0) is 44.6 Å². The fraction of sp³-hybridized carbons (Fsp3) is 0.765. The SMILES string of the molecule is CCCCCCCCCCC/C=C/[C@@H](O)[C@H](CO)NC(=O)CCCCCCC/C=C\C=C\C(=O)CCCCC. The minimum atomic E-state index is -0.861. The molecule has 5 nitrogen and oxygen atoms in total. The van der Waals surface area contributed by atoms with Gasteiger partial charge in [-0.3, -0.25) is 9.59 Å². The lowest BCUT2D eigenvalue weighted by atomic mass is 10.1. The zero-order valence-corrected chi connectivity index (χ0v) is 25.4. The summed E-state index contributed by atoms with van der Waals surface area (Å²) in [5, 5.41) is 22.7. The molecule has 0 saturated carbocycles. The Kier molecular flexibility index (Phi) is 28.0. The van der Waals surface area contributed by atoms with Gasteiger partial charge in [0.25, 0.3) is 0 Å². The molecule has 2 atom stereocenters. The van der Waals surface area contributed by atoms with Crippen molar-refractivity contribution in [3.8, 4) is 0 Å². The van der Waals surface area contributed by atoms with E-state index in [9.17, 15) is 19.8 Å². The molecule has 0 saturated heterocycles. The first-order chi connectivity index (χ1) is 19.0. The van der Waals surface area contributed by atoms with E-state index in [1.54, 1.807) is 12.2 Å². The van der Waals surface area contributed by atoms with Crippen LogP contribution in [0.5, 0.6) is 0 Å². The quantitative estimate of drug-likeness (QED) is 0.0398. The monoisotopic (exact) mass is 547 g/mol. The second kappa shape index (κ2) is 29.3.